The molecule has 2 aliphatic rings. The van der Waals surface area contributed by atoms with Crippen molar-refractivity contribution in [2.75, 3.05) is 24.8 Å². The molecule has 0 saturated carbocycles. The zero-order chi connectivity index (χ0) is 19.1. The van der Waals surface area contributed by atoms with E-state index in [4.69, 9.17) is 25.8 Å². The van der Waals surface area contributed by atoms with Crippen LogP contribution < -0.4 is 14.4 Å². The molecule has 1 unspecified atom stereocenters. The summed E-state index contributed by atoms with van der Waals surface area (Å²) < 4.78 is 17.5. The summed E-state index contributed by atoms with van der Waals surface area (Å²) >= 11 is 7.74. The van der Waals surface area contributed by atoms with E-state index in [1.54, 1.807) is 29.2 Å². The average Bonchev–Trinajstić information content (AvgIpc) is 3.45. The number of rotatable bonds is 4. The number of nitrogens with zero attached hydrogens (tertiary/aromatic N) is 2. The maximum absolute atomic E-state index is 13.4. The van der Waals surface area contributed by atoms with Crippen molar-refractivity contribution in [3.05, 3.63) is 47.0 Å². The monoisotopic (exact) mass is 416 g/mol. The Labute approximate surface area is 170 Å². The zero-order valence-electron chi connectivity index (χ0n) is 14.9. The molecule has 0 radical (unpaired) electrons. The van der Waals surface area contributed by atoms with Crippen molar-refractivity contribution in [2.24, 2.45) is 0 Å². The first kappa shape index (κ1) is 17.7. The number of ether oxygens (including phenoxy) is 3. The van der Waals surface area contributed by atoms with Gasteiger partial charge in [0.25, 0.3) is 5.91 Å². The molecule has 144 valence electrons. The molecule has 1 amide bonds. The second kappa shape index (κ2) is 7.24. The van der Waals surface area contributed by atoms with Crippen LogP contribution in [0.1, 0.15) is 23.2 Å². The molecule has 3 aromatic rings. The minimum Gasteiger partial charge on any atom is -0.454 e. The van der Waals surface area contributed by atoms with Crippen molar-refractivity contribution in [1.82, 2.24) is 4.98 Å². The van der Waals surface area contributed by atoms with Gasteiger partial charge in [0.05, 0.1) is 22.4 Å². The summed E-state index contributed by atoms with van der Waals surface area (Å²) in [6.07, 6.45) is 1.93. The number of benzene rings is 2. The Morgan fingerprint density at radius 3 is 2.96 bits per heavy atom. The highest BCUT2D eigenvalue weighted by Crippen LogP contribution is 2.36. The molecular formula is C20H17ClN2O4S. The molecule has 3 heterocycles. The van der Waals surface area contributed by atoms with E-state index in [-0.39, 0.29) is 18.8 Å². The standard InChI is InChI=1S/C20H17ClN2O4S/c21-14-4-1-5-17-18(14)22-20(28-17)23(10-13-3-2-8-25-13)19(24)12-6-7-15-16(9-12)27-11-26-15/h1,4-7,9,13H,2-3,8,10-11H2. The molecule has 1 atom stereocenters. The fourth-order valence-corrected chi connectivity index (χ4v) is 4.72. The van der Waals surface area contributed by atoms with Gasteiger partial charge in [0.2, 0.25) is 6.79 Å². The van der Waals surface area contributed by atoms with Crippen molar-refractivity contribution in [1.29, 1.82) is 0 Å². The third kappa shape index (κ3) is 3.19. The molecule has 2 aliphatic heterocycles. The van der Waals surface area contributed by atoms with Gasteiger partial charge in [-0.05, 0) is 43.2 Å². The molecule has 0 bridgehead atoms. The van der Waals surface area contributed by atoms with Gasteiger partial charge in [0, 0.05) is 12.2 Å². The first-order valence-corrected chi connectivity index (χ1v) is 10.3. The smallest absolute Gasteiger partial charge is 0.260 e. The lowest BCUT2D eigenvalue weighted by molar-refractivity contribution is 0.0917. The summed E-state index contributed by atoms with van der Waals surface area (Å²) in [5.41, 5.74) is 1.23. The number of para-hydroxylation sites is 1. The lowest BCUT2D eigenvalue weighted by Crippen LogP contribution is -2.37. The molecule has 0 N–H and O–H groups in total. The number of hydrogen-bond donors (Lipinski definition) is 0. The largest absolute Gasteiger partial charge is 0.454 e. The first-order valence-electron chi connectivity index (χ1n) is 9.07. The molecule has 2 aromatic carbocycles. The number of anilines is 1. The Balaban J connectivity index is 1.53. The minimum atomic E-state index is -0.149. The van der Waals surface area contributed by atoms with Gasteiger partial charge in [0.15, 0.2) is 16.6 Å². The van der Waals surface area contributed by atoms with Crippen LogP contribution in [0.4, 0.5) is 5.13 Å². The number of carbonyl (C=O) groups is 1. The first-order chi connectivity index (χ1) is 13.7. The predicted molar refractivity (Wildman–Crippen MR) is 108 cm³/mol. The Morgan fingerprint density at radius 1 is 1.25 bits per heavy atom. The van der Waals surface area contributed by atoms with Crippen molar-refractivity contribution in [3.8, 4) is 11.5 Å². The number of halogens is 1. The van der Waals surface area contributed by atoms with E-state index in [0.717, 1.165) is 24.1 Å². The van der Waals surface area contributed by atoms with Crippen molar-refractivity contribution >= 4 is 44.2 Å². The van der Waals surface area contributed by atoms with Crippen LogP contribution in [0.3, 0.4) is 0 Å². The van der Waals surface area contributed by atoms with Crippen LogP contribution in [0.2, 0.25) is 5.02 Å². The molecule has 8 heteroatoms. The highest BCUT2D eigenvalue weighted by atomic mass is 35.5. The molecular weight excluding hydrogens is 400 g/mol. The van der Waals surface area contributed by atoms with E-state index in [2.05, 4.69) is 4.98 Å². The Hall–Kier alpha value is -2.35. The van der Waals surface area contributed by atoms with Crippen LogP contribution in [-0.4, -0.2) is 36.9 Å². The summed E-state index contributed by atoms with van der Waals surface area (Å²) in [5, 5.41) is 1.19. The van der Waals surface area contributed by atoms with E-state index in [1.807, 2.05) is 12.1 Å². The van der Waals surface area contributed by atoms with Gasteiger partial charge in [-0.1, -0.05) is 29.0 Å². The van der Waals surface area contributed by atoms with Gasteiger partial charge in [-0.3, -0.25) is 9.69 Å². The van der Waals surface area contributed by atoms with Gasteiger partial charge in [-0.15, -0.1) is 0 Å². The summed E-state index contributed by atoms with van der Waals surface area (Å²) in [6.45, 7) is 1.34. The van der Waals surface area contributed by atoms with Crippen LogP contribution in [0.15, 0.2) is 36.4 Å². The van der Waals surface area contributed by atoms with E-state index in [0.29, 0.717) is 39.3 Å². The normalized spacial score (nSPS) is 18.0. The maximum atomic E-state index is 13.4. The van der Waals surface area contributed by atoms with E-state index < -0.39 is 0 Å². The lowest BCUT2D eigenvalue weighted by Gasteiger charge is -2.23. The molecule has 28 heavy (non-hydrogen) atoms. The molecule has 5 rings (SSSR count). The second-order valence-electron chi connectivity index (χ2n) is 6.70. The second-order valence-corrected chi connectivity index (χ2v) is 8.12. The SMILES string of the molecule is O=C(c1ccc2c(c1)OCO2)N(CC1CCCO1)c1nc2c(Cl)cccc2s1. The minimum absolute atomic E-state index is 0.000412. The number of amides is 1. The van der Waals surface area contributed by atoms with Gasteiger partial charge in [-0.2, -0.15) is 0 Å². The Kier molecular flexibility index (Phi) is 4.58. The summed E-state index contributed by atoms with van der Waals surface area (Å²) in [4.78, 5) is 19.7. The van der Waals surface area contributed by atoms with E-state index in [1.165, 1.54) is 11.3 Å². The molecule has 0 aliphatic carbocycles. The lowest BCUT2D eigenvalue weighted by atomic mass is 10.1. The predicted octanol–water partition coefficient (Wildman–Crippen LogP) is 4.50. The number of carbonyl (C=O) groups excluding carboxylic acids is 1. The molecule has 1 fully saturated rings. The van der Waals surface area contributed by atoms with E-state index in [9.17, 15) is 4.79 Å². The van der Waals surface area contributed by atoms with E-state index >= 15 is 0 Å². The van der Waals surface area contributed by atoms with Crippen LogP contribution in [0.5, 0.6) is 11.5 Å². The van der Waals surface area contributed by atoms with Gasteiger partial charge in [0.1, 0.15) is 5.52 Å². The topological polar surface area (TPSA) is 60.9 Å². The van der Waals surface area contributed by atoms with Gasteiger partial charge >= 0.3 is 0 Å². The maximum Gasteiger partial charge on any atom is 0.260 e. The quantitative estimate of drug-likeness (QED) is 0.626. The number of hydrogen-bond acceptors (Lipinski definition) is 6. The average molecular weight is 417 g/mol. The van der Waals surface area contributed by atoms with Crippen molar-refractivity contribution < 1.29 is 19.0 Å². The highest BCUT2D eigenvalue weighted by molar-refractivity contribution is 7.22. The fourth-order valence-electron chi connectivity index (χ4n) is 3.44. The van der Waals surface area contributed by atoms with Crippen molar-refractivity contribution in [2.45, 2.75) is 18.9 Å². The number of aromatic nitrogens is 1. The van der Waals surface area contributed by atoms with Crippen molar-refractivity contribution in [3.63, 3.8) is 0 Å². The van der Waals surface area contributed by atoms with Crippen LogP contribution in [-0.2, 0) is 4.74 Å². The number of thiazole rings is 1. The summed E-state index contributed by atoms with van der Waals surface area (Å²) in [5.74, 6) is 1.08. The highest BCUT2D eigenvalue weighted by Gasteiger charge is 2.28. The summed E-state index contributed by atoms with van der Waals surface area (Å²) in [7, 11) is 0. The molecule has 1 aromatic heterocycles. The Morgan fingerprint density at radius 2 is 2.14 bits per heavy atom. The zero-order valence-corrected chi connectivity index (χ0v) is 16.5. The Bertz CT molecular complexity index is 1050. The number of fused-ring (bicyclic) bond motifs is 2. The van der Waals surface area contributed by atoms with Crippen LogP contribution in [0.25, 0.3) is 10.2 Å². The molecule has 6 nitrogen and oxygen atoms in total. The van der Waals surface area contributed by atoms with Gasteiger partial charge < -0.3 is 14.2 Å². The summed E-state index contributed by atoms with van der Waals surface area (Å²) in [6, 6.07) is 10.9. The molecule has 1 saturated heterocycles. The van der Waals surface area contributed by atoms with Crippen LogP contribution >= 0.6 is 22.9 Å². The van der Waals surface area contributed by atoms with Crippen LogP contribution in [0, 0.1) is 0 Å². The molecule has 0 spiro atoms. The fraction of sp³-hybridized carbons (Fsp3) is 0.300. The third-order valence-electron chi connectivity index (χ3n) is 4.86. The third-order valence-corrected chi connectivity index (χ3v) is 6.21. The van der Waals surface area contributed by atoms with Gasteiger partial charge in [-0.25, -0.2) is 4.98 Å².